The van der Waals surface area contributed by atoms with Crippen LogP contribution in [0.3, 0.4) is 0 Å². The summed E-state index contributed by atoms with van der Waals surface area (Å²) in [5, 5.41) is 12.8. The van der Waals surface area contributed by atoms with Crippen molar-refractivity contribution < 1.29 is 9.47 Å². The molecule has 1 fully saturated rings. The highest BCUT2D eigenvalue weighted by Gasteiger charge is 2.30. The van der Waals surface area contributed by atoms with Crippen LogP contribution in [0, 0.1) is 11.3 Å². The number of hydrogen-bond donors (Lipinski definition) is 1. The fourth-order valence-electron chi connectivity index (χ4n) is 2.97. The Labute approximate surface area is 146 Å². The van der Waals surface area contributed by atoms with Gasteiger partial charge in [-0.3, -0.25) is 0 Å². The predicted molar refractivity (Wildman–Crippen MR) is 93.5 cm³/mol. The summed E-state index contributed by atoms with van der Waals surface area (Å²) in [4.78, 5) is 4.57. The van der Waals surface area contributed by atoms with Crippen LogP contribution in [-0.2, 0) is 9.47 Å². The molecule has 2 heterocycles. The smallest absolute Gasteiger partial charge is 0.233 e. The zero-order chi connectivity index (χ0) is 17.1. The molecule has 2 aromatic carbocycles. The molecule has 0 aliphatic carbocycles. The summed E-state index contributed by atoms with van der Waals surface area (Å²) in [6.07, 6.45) is 0. The van der Waals surface area contributed by atoms with E-state index in [0.717, 1.165) is 11.1 Å². The summed E-state index contributed by atoms with van der Waals surface area (Å²) < 4.78 is 11.4. The van der Waals surface area contributed by atoms with E-state index in [1.54, 1.807) is 0 Å². The van der Waals surface area contributed by atoms with E-state index in [-0.39, 0.29) is 12.1 Å². The number of aliphatic imine (C=N–C) groups is 1. The van der Waals surface area contributed by atoms with Gasteiger partial charge >= 0.3 is 0 Å². The van der Waals surface area contributed by atoms with E-state index in [1.165, 1.54) is 0 Å². The summed E-state index contributed by atoms with van der Waals surface area (Å²) >= 11 is 0. The fraction of sp³-hybridized carbons (Fsp3) is 0.200. The minimum atomic E-state index is -0.0912. The maximum Gasteiger partial charge on any atom is 0.233 e. The third-order valence-electron chi connectivity index (χ3n) is 4.29. The van der Waals surface area contributed by atoms with Crippen molar-refractivity contribution >= 4 is 5.90 Å². The minimum Gasteiger partial charge on any atom is -0.476 e. The molecule has 1 saturated heterocycles. The van der Waals surface area contributed by atoms with Gasteiger partial charge in [0.1, 0.15) is 25.3 Å². The number of nitrogens with one attached hydrogen (secondary N) is 1. The number of benzene rings is 2. The molecule has 0 spiro atoms. The molecular weight excluding hydrogens is 314 g/mol. The second kappa shape index (κ2) is 6.70. The zero-order valence-electron chi connectivity index (χ0n) is 13.6. The number of nitriles is 1. The number of ether oxygens (including phenoxy) is 2. The van der Waals surface area contributed by atoms with Crippen LogP contribution >= 0.6 is 0 Å². The molecule has 0 radical (unpaired) electrons. The van der Waals surface area contributed by atoms with Crippen LogP contribution in [0.5, 0.6) is 0 Å². The fourth-order valence-corrected chi connectivity index (χ4v) is 2.97. The molecule has 2 aromatic rings. The topological polar surface area (TPSA) is 66.6 Å². The van der Waals surface area contributed by atoms with E-state index in [0.29, 0.717) is 30.6 Å². The lowest BCUT2D eigenvalue weighted by Crippen LogP contribution is -2.17. The average molecular weight is 331 g/mol. The molecule has 5 nitrogen and oxygen atoms in total. The van der Waals surface area contributed by atoms with Crippen molar-refractivity contribution in [3.05, 3.63) is 83.2 Å². The molecule has 0 saturated carbocycles. The lowest BCUT2D eigenvalue weighted by molar-refractivity contribution is 0.251. The molecule has 2 atom stereocenters. The molecule has 25 heavy (non-hydrogen) atoms. The molecule has 124 valence electrons. The van der Waals surface area contributed by atoms with Crippen molar-refractivity contribution in [3.8, 4) is 6.07 Å². The van der Waals surface area contributed by atoms with Gasteiger partial charge < -0.3 is 14.8 Å². The van der Waals surface area contributed by atoms with Crippen LogP contribution < -0.4 is 5.32 Å². The first-order valence-corrected chi connectivity index (χ1v) is 8.19. The van der Waals surface area contributed by atoms with Gasteiger partial charge in [-0.25, -0.2) is 4.99 Å². The van der Waals surface area contributed by atoms with Gasteiger partial charge in [-0.1, -0.05) is 60.7 Å². The van der Waals surface area contributed by atoms with Crippen molar-refractivity contribution in [1.29, 1.82) is 5.26 Å². The standard InChI is InChI=1S/C20H17N3O2/c21-11-16(19-22-17(12-24-19)14-7-3-1-4-8-14)20-23-18(13-25-20)15-9-5-2-6-10-15/h1-10,17-18,22H,12-13H2/b19-16+/t17?,18-/m1/s1. The van der Waals surface area contributed by atoms with Gasteiger partial charge in [0, 0.05) is 0 Å². The Hall–Kier alpha value is -3.26. The monoisotopic (exact) mass is 331 g/mol. The van der Waals surface area contributed by atoms with Crippen LogP contribution in [-0.4, -0.2) is 19.1 Å². The third-order valence-corrected chi connectivity index (χ3v) is 4.29. The molecule has 0 aromatic heterocycles. The molecule has 1 N–H and O–H groups in total. The van der Waals surface area contributed by atoms with Crippen LogP contribution in [0.2, 0.25) is 0 Å². The Balaban J connectivity index is 1.57. The Morgan fingerprint density at radius 1 is 0.960 bits per heavy atom. The van der Waals surface area contributed by atoms with Crippen molar-refractivity contribution in [2.75, 3.05) is 13.2 Å². The number of nitrogens with zero attached hydrogens (tertiary/aromatic N) is 2. The number of hydrogen-bond acceptors (Lipinski definition) is 5. The minimum absolute atomic E-state index is 0.0199. The predicted octanol–water partition coefficient (Wildman–Crippen LogP) is 3.25. The van der Waals surface area contributed by atoms with Gasteiger partial charge in [-0.05, 0) is 11.1 Å². The summed E-state index contributed by atoms with van der Waals surface area (Å²) in [6.45, 7) is 0.903. The van der Waals surface area contributed by atoms with E-state index in [9.17, 15) is 5.26 Å². The highest BCUT2D eigenvalue weighted by Crippen LogP contribution is 2.28. The maximum atomic E-state index is 9.57. The van der Waals surface area contributed by atoms with Gasteiger partial charge in [0.05, 0.1) is 6.04 Å². The first kappa shape index (κ1) is 15.3. The quantitative estimate of drug-likeness (QED) is 0.877. The van der Waals surface area contributed by atoms with Crippen molar-refractivity contribution in [2.45, 2.75) is 12.1 Å². The van der Waals surface area contributed by atoms with E-state index in [4.69, 9.17) is 9.47 Å². The lowest BCUT2D eigenvalue weighted by atomic mass is 10.1. The summed E-state index contributed by atoms with van der Waals surface area (Å²) in [5.41, 5.74) is 2.50. The highest BCUT2D eigenvalue weighted by atomic mass is 16.5. The summed E-state index contributed by atoms with van der Waals surface area (Å²) in [6, 6.07) is 22.0. The SMILES string of the molecule is N#C/C(C1=N[C@@H](c2ccccc2)CO1)=C1/NC(c2ccccc2)CO1. The summed E-state index contributed by atoms with van der Waals surface area (Å²) in [5.74, 6) is 0.774. The third kappa shape index (κ3) is 3.07. The molecular formula is C20H17N3O2. The lowest BCUT2D eigenvalue weighted by Gasteiger charge is -2.08. The Bertz CT molecular complexity index is 854. The molecule has 0 bridgehead atoms. The van der Waals surface area contributed by atoms with Crippen LogP contribution in [0.15, 0.2) is 77.1 Å². The Morgan fingerprint density at radius 2 is 1.64 bits per heavy atom. The van der Waals surface area contributed by atoms with Crippen LogP contribution in [0.1, 0.15) is 23.2 Å². The first-order chi connectivity index (χ1) is 12.3. The molecule has 1 unspecified atom stereocenters. The first-order valence-electron chi connectivity index (χ1n) is 8.19. The normalized spacial score (nSPS) is 23.7. The van der Waals surface area contributed by atoms with Crippen molar-refractivity contribution in [1.82, 2.24) is 5.32 Å². The van der Waals surface area contributed by atoms with E-state index < -0.39 is 0 Å². The second-order valence-corrected chi connectivity index (χ2v) is 5.91. The van der Waals surface area contributed by atoms with Crippen molar-refractivity contribution in [3.63, 3.8) is 0 Å². The average Bonchev–Trinajstić information content (AvgIpc) is 3.35. The van der Waals surface area contributed by atoms with Crippen LogP contribution in [0.4, 0.5) is 0 Å². The molecule has 2 aliphatic heterocycles. The molecule has 5 heteroatoms. The summed E-state index contributed by atoms with van der Waals surface area (Å²) in [7, 11) is 0. The van der Waals surface area contributed by atoms with Gasteiger partial charge in [-0.2, -0.15) is 5.26 Å². The van der Waals surface area contributed by atoms with E-state index >= 15 is 0 Å². The van der Waals surface area contributed by atoms with Gasteiger partial charge in [0.15, 0.2) is 5.57 Å². The highest BCUT2D eigenvalue weighted by molar-refractivity contribution is 5.98. The van der Waals surface area contributed by atoms with Gasteiger partial charge in [0.25, 0.3) is 0 Å². The van der Waals surface area contributed by atoms with E-state index in [2.05, 4.69) is 16.4 Å². The Morgan fingerprint density at radius 3 is 2.32 bits per heavy atom. The second-order valence-electron chi connectivity index (χ2n) is 5.91. The maximum absolute atomic E-state index is 9.57. The number of rotatable bonds is 3. The van der Waals surface area contributed by atoms with E-state index in [1.807, 2.05) is 60.7 Å². The largest absolute Gasteiger partial charge is 0.476 e. The van der Waals surface area contributed by atoms with Crippen molar-refractivity contribution in [2.24, 2.45) is 4.99 Å². The molecule has 0 amide bonds. The molecule has 4 rings (SSSR count). The van der Waals surface area contributed by atoms with Gasteiger partial charge in [-0.15, -0.1) is 0 Å². The zero-order valence-corrected chi connectivity index (χ0v) is 13.6. The van der Waals surface area contributed by atoms with Crippen LogP contribution in [0.25, 0.3) is 0 Å². The van der Waals surface area contributed by atoms with Gasteiger partial charge in [0.2, 0.25) is 11.8 Å². The molecule has 2 aliphatic rings. The Kier molecular flexibility index (Phi) is 4.09.